The molecule has 2 amide bonds. The number of nitrogens with one attached hydrogen (secondary N) is 2. The summed E-state index contributed by atoms with van der Waals surface area (Å²) in [5.41, 5.74) is 1.12. The molecule has 0 fully saturated rings. The van der Waals surface area contributed by atoms with E-state index < -0.39 is 0 Å². The Labute approximate surface area is 122 Å². The first kappa shape index (κ1) is 14.7. The van der Waals surface area contributed by atoms with Crippen LogP contribution in [0.3, 0.4) is 0 Å². The lowest BCUT2D eigenvalue weighted by molar-refractivity contribution is -0.132. The Morgan fingerprint density at radius 2 is 2.05 bits per heavy atom. The van der Waals surface area contributed by atoms with Crippen molar-refractivity contribution in [2.45, 2.75) is 13.3 Å². The largest absolute Gasteiger partial charge is 0.333 e. The lowest BCUT2D eigenvalue weighted by Gasteiger charge is -2.20. The number of amides is 2. The van der Waals surface area contributed by atoms with Crippen LogP contribution in [-0.2, 0) is 16.0 Å². The first-order valence-electron chi connectivity index (χ1n) is 6.60. The van der Waals surface area contributed by atoms with Gasteiger partial charge in [0.1, 0.15) is 6.33 Å². The SMILES string of the molecule is CC(=O)N(CCc1ccccc1)CC(=O)Nc1ncn[nH]1. The Morgan fingerprint density at radius 1 is 1.29 bits per heavy atom. The molecule has 0 atom stereocenters. The summed E-state index contributed by atoms with van der Waals surface area (Å²) in [6.07, 6.45) is 2.00. The van der Waals surface area contributed by atoms with Crippen LogP contribution in [0.25, 0.3) is 0 Å². The third-order valence-electron chi connectivity index (χ3n) is 2.97. The summed E-state index contributed by atoms with van der Waals surface area (Å²) in [5.74, 6) is -0.180. The fourth-order valence-corrected chi connectivity index (χ4v) is 1.87. The zero-order valence-corrected chi connectivity index (χ0v) is 11.7. The fraction of sp³-hybridized carbons (Fsp3) is 0.286. The summed E-state index contributed by atoms with van der Waals surface area (Å²) in [6, 6.07) is 9.82. The topological polar surface area (TPSA) is 91.0 Å². The maximum atomic E-state index is 11.8. The van der Waals surface area contributed by atoms with Crippen molar-refractivity contribution in [1.29, 1.82) is 0 Å². The molecule has 1 heterocycles. The number of nitrogens with zero attached hydrogens (tertiary/aromatic N) is 3. The number of aromatic amines is 1. The zero-order valence-electron chi connectivity index (χ0n) is 11.7. The van der Waals surface area contributed by atoms with E-state index in [9.17, 15) is 9.59 Å². The lowest BCUT2D eigenvalue weighted by Crippen LogP contribution is -2.38. The molecule has 21 heavy (non-hydrogen) atoms. The van der Waals surface area contributed by atoms with E-state index in [0.717, 1.165) is 5.56 Å². The molecule has 0 unspecified atom stereocenters. The zero-order chi connectivity index (χ0) is 15.1. The fourth-order valence-electron chi connectivity index (χ4n) is 1.87. The Hall–Kier alpha value is -2.70. The van der Waals surface area contributed by atoms with Crippen LogP contribution in [0.1, 0.15) is 12.5 Å². The molecule has 0 spiro atoms. The minimum Gasteiger partial charge on any atom is -0.333 e. The van der Waals surface area contributed by atoms with Crippen molar-refractivity contribution in [3.63, 3.8) is 0 Å². The standard InChI is InChI=1S/C14H17N5O2/c1-11(20)19(8-7-12-5-3-2-4-6-12)9-13(21)17-14-15-10-16-18-14/h2-6,10H,7-9H2,1H3,(H2,15,16,17,18,21). The molecular weight excluding hydrogens is 270 g/mol. The van der Waals surface area contributed by atoms with Crippen LogP contribution in [0, 0.1) is 0 Å². The van der Waals surface area contributed by atoms with Crippen molar-refractivity contribution in [1.82, 2.24) is 20.1 Å². The summed E-state index contributed by atoms with van der Waals surface area (Å²) in [7, 11) is 0. The van der Waals surface area contributed by atoms with E-state index in [1.807, 2.05) is 30.3 Å². The number of carbonyl (C=O) groups excluding carboxylic acids is 2. The van der Waals surface area contributed by atoms with Gasteiger partial charge in [-0.15, -0.1) is 0 Å². The number of aromatic nitrogens is 3. The molecule has 110 valence electrons. The summed E-state index contributed by atoms with van der Waals surface area (Å²) in [4.78, 5) is 28.8. The molecule has 7 nitrogen and oxygen atoms in total. The summed E-state index contributed by atoms with van der Waals surface area (Å²) >= 11 is 0. The van der Waals surface area contributed by atoms with E-state index in [1.165, 1.54) is 18.2 Å². The van der Waals surface area contributed by atoms with E-state index in [1.54, 1.807) is 0 Å². The number of rotatable bonds is 6. The Balaban J connectivity index is 1.87. The molecule has 0 saturated carbocycles. The average molecular weight is 287 g/mol. The van der Waals surface area contributed by atoms with E-state index >= 15 is 0 Å². The van der Waals surface area contributed by atoms with Crippen molar-refractivity contribution in [2.24, 2.45) is 0 Å². The monoisotopic (exact) mass is 287 g/mol. The third-order valence-corrected chi connectivity index (χ3v) is 2.97. The molecule has 2 rings (SSSR count). The van der Waals surface area contributed by atoms with Gasteiger partial charge in [-0.25, -0.2) is 5.10 Å². The highest BCUT2D eigenvalue weighted by atomic mass is 16.2. The molecule has 0 aliphatic heterocycles. The molecule has 0 aliphatic carbocycles. The number of hydrogen-bond donors (Lipinski definition) is 2. The van der Waals surface area contributed by atoms with Crippen molar-refractivity contribution in [3.05, 3.63) is 42.2 Å². The van der Waals surface area contributed by atoms with Gasteiger partial charge in [-0.3, -0.25) is 14.9 Å². The van der Waals surface area contributed by atoms with Crippen LogP contribution in [0.5, 0.6) is 0 Å². The number of H-pyrrole nitrogens is 1. The van der Waals surface area contributed by atoms with Gasteiger partial charge in [0.25, 0.3) is 0 Å². The first-order chi connectivity index (χ1) is 10.1. The van der Waals surface area contributed by atoms with Crippen LogP contribution in [-0.4, -0.2) is 45.0 Å². The summed E-state index contributed by atoms with van der Waals surface area (Å²) < 4.78 is 0. The molecular formula is C14H17N5O2. The predicted octanol–water partition coefficient (Wildman–Crippen LogP) is 0.834. The highest BCUT2D eigenvalue weighted by molar-refractivity contribution is 5.92. The second kappa shape index (κ2) is 7.18. The quantitative estimate of drug-likeness (QED) is 0.823. The second-order valence-corrected chi connectivity index (χ2v) is 4.56. The Morgan fingerprint density at radius 3 is 2.67 bits per heavy atom. The highest BCUT2D eigenvalue weighted by Gasteiger charge is 2.14. The molecule has 0 bridgehead atoms. The smallest absolute Gasteiger partial charge is 0.246 e. The van der Waals surface area contributed by atoms with Gasteiger partial charge in [-0.2, -0.15) is 10.1 Å². The van der Waals surface area contributed by atoms with Crippen molar-refractivity contribution >= 4 is 17.8 Å². The van der Waals surface area contributed by atoms with Crippen molar-refractivity contribution in [3.8, 4) is 0 Å². The third kappa shape index (κ3) is 4.72. The normalized spacial score (nSPS) is 10.1. The molecule has 2 aromatic rings. The molecule has 7 heteroatoms. The van der Waals surface area contributed by atoms with E-state index in [-0.39, 0.29) is 24.3 Å². The van der Waals surface area contributed by atoms with Gasteiger partial charge in [0.2, 0.25) is 17.8 Å². The predicted molar refractivity (Wildman–Crippen MR) is 77.4 cm³/mol. The molecule has 1 aromatic heterocycles. The van der Waals surface area contributed by atoms with E-state index in [0.29, 0.717) is 13.0 Å². The first-order valence-corrected chi connectivity index (χ1v) is 6.60. The molecule has 1 aromatic carbocycles. The summed E-state index contributed by atoms with van der Waals surface area (Å²) in [6.45, 7) is 1.93. The van der Waals surface area contributed by atoms with Crippen LogP contribution < -0.4 is 5.32 Å². The number of carbonyl (C=O) groups is 2. The highest BCUT2D eigenvalue weighted by Crippen LogP contribution is 2.02. The molecule has 0 radical (unpaired) electrons. The minimum atomic E-state index is -0.310. The molecule has 2 N–H and O–H groups in total. The Kier molecular flexibility index (Phi) is 5.03. The summed E-state index contributed by atoms with van der Waals surface area (Å²) in [5, 5.41) is 8.71. The number of anilines is 1. The van der Waals surface area contributed by atoms with Gasteiger partial charge in [0.15, 0.2) is 0 Å². The lowest BCUT2D eigenvalue weighted by atomic mass is 10.1. The van der Waals surface area contributed by atoms with Gasteiger partial charge in [0, 0.05) is 13.5 Å². The van der Waals surface area contributed by atoms with Crippen molar-refractivity contribution < 1.29 is 9.59 Å². The van der Waals surface area contributed by atoms with Crippen LogP contribution in [0.4, 0.5) is 5.95 Å². The van der Waals surface area contributed by atoms with Crippen molar-refractivity contribution in [2.75, 3.05) is 18.4 Å². The minimum absolute atomic E-state index is 0.0110. The van der Waals surface area contributed by atoms with Gasteiger partial charge in [-0.1, -0.05) is 30.3 Å². The van der Waals surface area contributed by atoms with Gasteiger partial charge in [0.05, 0.1) is 6.54 Å². The van der Waals surface area contributed by atoms with Crippen LogP contribution in [0.15, 0.2) is 36.7 Å². The van der Waals surface area contributed by atoms with E-state index in [2.05, 4.69) is 20.5 Å². The van der Waals surface area contributed by atoms with Crippen LogP contribution >= 0.6 is 0 Å². The Bertz CT molecular complexity index is 583. The maximum Gasteiger partial charge on any atom is 0.246 e. The number of benzene rings is 1. The molecule has 0 saturated heterocycles. The average Bonchev–Trinajstić information content (AvgIpc) is 2.97. The van der Waals surface area contributed by atoms with Gasteiger partial charge >= 0.3 is 0 Å². The van der Waals surface area contributed by atoms with Gasteiger partial charge < -0.3 is 4.90 Å². The van der Waals surface area contributed by atoms with Gasteiger partial charge in [-0.05, 0) is 12.0 Å². The molecule has 0 aliphatic rings. The van der Waals surface area contributed by atoms with Crippen LogP contribution in [0.2, 0.25) is 0 Å². The maximum absolute atomic E-state index is 11.8. The van der Waals surface area contributed by atoms with E-state index in [4.69, 9.17) is 0 Å². The number of hydrogen-bond acceptors (Lipinski definition) is 4. The second-order valence-electron chi connectivity index (χ2n) is 4.56.